The van der Waals surface area contributed by atoms with Crippen LogP contribution in [0.4, 0.5) is 5.69 Å². The van der Waals surface area contributed by atoms with Gasteiger partial charge in [-0.1, -0.05) is 0 Å². The van der Waals surface area contributed by atoms with Gasteiger partial charge >= 0.3 is 5.69 Å². The molecule has 0 saturated carbocycles. The smallest absolute Gasteiger partial charge is 0.312 e. The van der Waals surface area contributed by atoms with Crippen LogP contribution in [0.25, 0.3) is 0 Å². The molecule has 1 aromatic carbocycles. The first-order chi connectivity index (χ1) is 13.3. The molecular weight excluding hydrogens is 382 g/mol. The van der Waals surface area contributed by atoms with Crippen LogP contribution in [0, 0.1) is 35.7 Å². The summed E-state index contributed by atoms with van der Waals surface area (Å²) < 4.78 is 8.95. The minimum absolute atomic E-state index is 0.0292. The van der Waals surface area contributed by atoms with E-state index in [1.807, 2.05) is 18.2 Å². The van der Waals surface area contributed by atoms with Crippen molar-refractivity contribution >= 4 is 24.1 Å². The molecule has 0 amide bonds. The van der Waals surface area contributed by atoms with Crippen molar-refractivity contribution in [3.05, 3.63) is 61.4 Å². The molecule has 2 aromatic heterocycles. The van der Waals surface area contributed by atoms with Gasteiger partial charge in [0.1, 0.15) is 23.0 Å². The lowest BCUT2D eigenvalue weighted by atomic mass is 10.1. The normalized spacial score (nSPS) is 11.3. The van der Waals surface area contributed by atoms with Gasteiger partial charge in [-0.15, -0.1) is 0 Å². The molecular formula is C17H19N7O3S. The third-order valence-corrected chi connectivity index (χ3v) is 4.55. The molecule has 0 spiro atoms. The van der Waals surface area contributed by atoms with Gasteiger partial charge in [0.2, 0.25) is 4.77 Å². The number of aromatic nitrogens is 5. The van der Waals surface area contributed by atoms with Crippen LogP contribution >= 0.6 is 12.2 Å². The second-order valence-electron chi connectivity index (χ2n) is 6.14. The lowest BCUT2D eigenvalue weighted by Gasteiger charge is -2.10. The fourth-order valence-corrected chi connectivity index (χ4v) is 3.13. The largest absolute Gasteiger partial charge is 0.496 e. The van der Waals surface area contributed by atoms with E-state index in [1.54, 1.807) is 38.8 Å². The van der Waals surface area contributed by atoms with E-state index in [0.717, 1.165) is 11.1 Å². The number of hydrogen-bond acceptors (Lipinski definition) is 7. The summed E-state index contributed by atoms with van der Waals surface area (Å²) in [5.41, 5.74) is 2.53. The standard InChI is InChI=1S/C17H19N7O3S/c1-10-16(24(25)26)11(2)22(21-10)9-14-7-13(5-6-15(14)27-4)8-18-23-12(3)19-20-17(23)28/h5-8H,9H2,1-4H3,(H,20,28)/b18-8-. The van der Waals surface area contributed by atoms with Crippen LogP contribution in [0.5, 0.6) is 5.75 Å². The van der Waals surface area contributed by atoms with Crippen LogP contribution in [0.15, 0.2) is 23.3 Å². The van der Waals surface area contributed by atoms with Crippen molar-refractivity contribution in [1.29, 1.82) is 0 Å². The summed E-state index contributed by atoms with van der Waals surface area (Å²) >= 11 is 5.13. The van der Waals surface area contributed by atoms with Crippen LogP contribution in [0.2, 0.25) is 0 Å². The summed E-state index contributed by atoms with van der Waals surface area (Å²) in [4.78, 5) is 10.8. The number of hydrogen-bond donors (Lipinski definition) is 1. The Labute approximate surface area is 165 Å². The Bertz CT molecular complexity index is 1130. The minimum Gasteiger partial charge on any atom is -0.496 e. The summed E-state index contributed by atoms with van der Waals surface area (Å²) in [6.45, 7) is 5.42. The van der Waals surface area contributed by atoms with E-state index in [1.165, 1.54) is 4.68 Å². The number of aromatic amines is 1. The Hall–Kier alpha value is -3.34. The Morgan fingerprint density at radius 2 is 2.14 bits per heavy atom. The molecule has 2 heterocycles. The van der Waals surface area contributed by atoms with Crippen molar-refractivity contribution < 1.29 is 9.66 Å². The highest BCUT2D eigenvalue weighted by molar-refractivity contribution is 7.71. The zero-order valence-electron chi connectivity index (χ0n) is 15.8. The summed E-state index contributed by atoms with van der Waals surface area (Å²) in [7, 11) is 1.57. The highest BCUT2D eigenvalue weighted by atomic mass is 32.1. The maximum Gasteiger partial charge on any atom is 0.312 e. The van der Waals surface area contributed by atoms with E-state index in [-0.39, 0.29) is 5.69 Å². The summed E-state index contributed by atoms with van der Waals surface area (Å²) in [5, 5.41) is 26.5. The molecule has 3 rings (SSSR count). The Morgan fingerprint density at radius 3 is 2.71 bits per heavy atom. The van der Waals surface area contributed by atoms with Crippen LogP contribution in [0.3, 0.4) is 0 Å². The molecule has 28 heavy (non-hydrogen) atoms. The molecule has 0 aliphatic rings. The molecule has 0 aliphatic carbocycles. The zero-order valence-corrected chi connectivity index (χ0v) is 16.6. The molecule has 0 bridgehead atoms. The molecule has 0 aliphatic heterocycles. The van der Waals surface area contributed by atoms with Gasteiger partial charge in [0.15, 0.2) is 0 Å². The van der Waals surface area contributed by atoms with Crippen molar-refractivity contribution in [2.75, 3.05) is 7.11 Å². The third kappa shape index (κ3) is 3.69. The topological polar surface area (TPSA) is 116 Å². The Balaban J connectivity index is 1.95. The molecule has 3 aromatic rings. The number of methoxy groups -OCH3 is 1. The molecule has 0 atom stereocenters. The van der Waals surface area contributed by atoms with Gasteiger partial charge in [-0.25, -0.2) is 0 Å². The number of nitrogens with one attached hydrogen (secondary N) is 1. The van der Waals surface area contributed by atoms with Crippen molar-refractivity contribution in [1.82, 2.24) is 24.7 Å². The number of ether oxygens (including phenoxy) is 1. The number of nitro groups is 1. The van der Waals surface area contributed by atoms with Crippen molar-refractivity contribution in [3.63, 3.8) is 0 Å². The maximum atomic E-state index is 11.2. The summed E-state index contributed by atoms with van der Waals surface area (Å²) in [6.07, 6.45) is 1.66. The van der Waals surface area contributed by atoms with Gasteiger partial charge in [-0.3, -0.25) is 19.9 Å². The van der Waals surface area contributed by atoms with Crippen molar-refractivity contribution in [3.8, 4) is 5.75 Å². The van der Waals surface area contributed by atoms with Crippen molar-refractivity contribution in [2.24, 2.45) is 5.10 Å². The van der Waals surface area contributed by atoms with Gasteiger partial charge < -0.3 is 4.74 Å². The van der Waals surface area contributed by atoms with Crippen LogP contribution in [0.1, 0.15) is 28.3 Å². The second-order valence-corrected chi connectivity index (χ2v) is 6.52. The van der Waals surface area contributed by atoms with Gasteiger partial charge in [0, 0.05) is 5.56 Å². The fraction of sp³-hybridized carbons (Fsp3) is 0.294. The van der Waals surface area contributed by atoms with E-state index < -0.39 is 4.92 Å². The predicted molar refractivity (Wildman–Crippen MR) is 106 cm³/mol. The zero-order chi connectivity index (χ0) is 20.4. The molecule has 1 N–H and O–H groups in total. The molecule has 146 valence electrons. The molecule has 11 heteroatoms. The molecule has 0 radical (unpaired) electrons. The van der Waals surface area contributed by atoms with Gasteiger partial charge in [-0.2, -0.15) is 20.0 Å². The monoisotopic (exact) mass is 401 g/mol. The third-order valence-electron chi connectivity index (χ3n) is 4.28. The van der Waals surface area contributed by atoms with Gasteiger partial charge in [0.05, 0.1) is 24.8 Å². The predicted octanol–water partition coefficient (Wildman–Crippen LogP) is 2.91. The number of H-pyrrole nitrogens is 1. The van der Waals surface area contributed by atoms with Gasteiger partial charge in [-0.05, 0) is 56.8 Å². The minimum atomic E-state index is -0.411. The number of aryl methyl sites for hydroxylation is 2. The Morgan fingerprint density at radius 1 is 1.39 bits per heavy atom. The molecule has 0 unspecified atom stereocenters. The average molecular weight is 401 g/mol. The first-order valence-corrected chi connectivity index (χ1v) is 8.76. The Kier molecular flexibility index (Phi) is 5.36. The quantitative estimate of drug-likeness (QED) is 0.294. The highest BCUT2D eigenvalue weighted by Crippen LogP contribution is 2.25. The first-order valence-electron chi connectivity index (χ1n) is 8.35. The summed E-state index contributed by atoms with van der Waals surface area (Å²) in [5.74, 6) is 1.30. The molecule has 0 fully saturated rings. The van der Waals surface area contributed by atoms with Gasteiger partial charge in [0.25, 0.3) is 0 Å². The molecule has 10 nitrogen and oxygen atoms in total. The SMILES string of the molecule is COc1ccc(/C=N\n2c(C)n[nH]c2=S)cc1Cn1nc(C)c([N+](=O)[O-])c1C. The number of benzene rings is 1. The van der Waals surface area contributed by atoms with E-state index in [2.05, 4.69) is 20.4 Å². The first kappa shape index (κ1) is 19.4. The number of rotatable bonds is 6. The molecule has 0 saturated heterocycles. The van der Waals surface area contributed by atoms with Crippen LogP contribution in [-0.4, -0.2) is 42.9 Å². The van der Waals surface area contributed by atoms with Crippen LogP contribution < -0.4 is 4.74 Å². The highest BCUT2D eigenvalue weighted by Gasteiger charge is 2.22. The average Bonchev–Trinajstić information content (AvgIpc) is 3.11. The maximum absolute atomic E-state index is 11.2. The van der Waals surface area contributed by atoms with Crippen molar-refractivity contribution in [2.45, 2.75) is 27.3 Å². The number of nitrogens with zero attached hydrogens (tertiary/aromatic N) is 6. The fourth-order valence-electron chi connectivity index (χ4n) is 2.90. The van der Waals surface area contributed by atoms with E-state index >= 15 is 0 Å². The van der Waals surface area contributed by atoms with E-state index in [4.69, 9.17) is 17.0 Å². The lowest BCUT2D eigenvalue weighted by Crippen LogP contribution is -2.06. The van der Waals surface area contributed by atoms with E-state index in [9.17, 15) is 10.1 Å². The van der Waals surface area contributed by atoms with Crippen LogP contribution in [-0.2, 0) is 6.54 Å². The van der Waals surface area contributed by atoms with E-state index in [0.29, 0.717) is 34.3 Å². The summed E-state index contributed by atoms with van der Waals surface area (Å²) in [6, 6.07) is 5.57. The lowest BCUT2D eigenvalue weighted by molar-refractivity contribution is -0.386. The second kappa shape index (κ2) is 7.72.